The molecule has 0 heterocycles. The lowest BCUT2D eigenvalue weighted by atomic mass is 9.45. The van der Waals surface area contributed by atoms with Crippen LogP contribution in [0.2, 0.25) is 0 Å². The molecule has 27 heavy (non-hydrogen) atoms. The number of carbonyl (C=O) groups is 2. The van der Waals surface area contributed by atoms with Crippen LogP contribution in [-0.2, 0) is 9.59 Å². The highest BCUT2D eigenvalue weighted by atomic mass is 19.1. The van der Waals surface area contributed by atoms with E-state index in [0.29, 0.717) is 25.7 Å². The number of aliphatic hydroxyl groups is 2. The predicted octanol–water partition coefficient (Wildman–Crippen LogP) is 2.92. The first-order valence-electron chi connectivity index (χ1n) is 10.0. The molecule has 0 bridgehead atoms. The van der Waals surface area contributed by atoms with Crippen molar-refractivity contribution >= 4 is 11.6 Å². The van der Waals surface area contributed by atoms with Gasteiger partial charge in [0.15, 0.2) is 11.6 Å². The summed E-state index contributed by atoms with van der Waals surface area (Å²) in [7, 11) is 0. The van der Waals surface area contributed by atoms with Crippen LogP contribution in [0.1, 0.15) is 52.9 Å². The van der Waals surface area contributed by atoms with Crippen LogP contribution in [0.25, 0.3) is 0 Å². The minimum atomic E-state index is -1.65. The van der Waals surface area contributed by atoms with Gasteiger partial charge in [-0.1, -0.05) is 32.4 Å². The Balaban J connectivity index is 1.85. The highest BCUT2D eigenvalue weighted by Crippen LogP contribution is 2.68. The molecular formula is C22H29FO4. The van der Waals surface area contributed by atoms with Crippen LogP contribution in [0.5, 0.6) is 0 Å². The minimum Gasteiger partial charge on any atom is -0.388 e. The molecule has 0 unspecified atom stereocenters. The quantitative estimate of drug-likeness (QED) is 0.727. The summed E-state index contributed by atoms with van der Waals surface area (Å²) in [6, 6.07) is 0. The van der Waals surface area contributed by atoms with Crippen molar-refractivity contribution in [2.75, 3.05) is 6.61 Å². The number of Topliss-reactive ketones (excluding diaryl/α,β-unsaturated/α-hetero) is 1. The first kappa shape index (κ1) is 19.0. The van der Waals surface area contributed by atoms with E-state index in [4.69, 9.17) is 0 Å². The van der Waals surface area contributed by atoms with Gasteiger partial charge in [0.05, 0.1) is 0 Å². The molecule has 0 aromatic carbocycles. The molecule has 4 nitrogen and oxygen atoms in total. The van der Waals surface area contributed by atoms with E-state index in [1.165, 1.54) is 0 Å². The van der Waals surface area contributed by atoms with Crippen molar-refractivity contribution in [2.24, 2.45) is 28.6 Å². The van der Waals surface area contributed by atoms with Crippen molar-refractivity contribution in [1.29, 1.82) is 0 Å². The SMILES string of the molecule is C[C@H]1C[C@H]2[C@@H]3CC[C@](O)(C(=O)CO)[C@@]3(C)C=C[C@]2(F)[C@@]2(C)CCC(=O)C=C12. The first-order chi connectivity index (χ1) is 12.5. The average molecular weight is 376 g/mol. The third-order valence-corrected chi connectivity index (χ3v) is 8.59. The topological polar surface area (TPSA) is 74.6 Å². The molecular weight excluding hydrogens is 347 g/mol. The molecule has 0 saturated heterocycles. The Morgan fingerprint density at radius 3 is 2.63 bits per heavy atom. The highest BCUT2D eigenvalue weighted by molar-refractivity contribution is 5.92. The molecule has 0 radical (unpaired) electrons. The highest BCUT2D eigenvalue weighted by Gasteiger charge is 2.70. The molecule has 4 aliphatic rings. The zero-order chi connectivity index (χ0) is 19.8. The van der Waals surface area contributed by atoms with Crippen molar-refractivity contribution in [1.82, 2.24) is 0 Å². The van der Waals surface area contributed by atoms with Crippen molar-refractivity contribution in [3.8, 4) is 0 Å². The van der Waals surface area contributed by atoms with Gasteiger partial charge in [-0.05, 0) is 49.7 Å². The van der Waals surface area contributed by atoms with Gasteiger partial charge in [-0.25, -0.2) is 4.39 Å². The lowest BCUT2D eigenvalue weighted by Gasteiger charge is -2.60. The van der Waals surface area contributed by atoms with E-state index in [1.54, 1.807) is 18.2 Å². The van der Waals surface area contributed by atoms with Gasteiger partial charge in [0.25, 0.3) is 0 Å². The van der Waals surface area contributed by atoms with E-state index in [2.05, 4.69) is 6.92 Å². The van der Waals surface area contributed by atoms with Crippen molar-refractivity contribution in [2.45, 2.75) is 64.1 Å². The molecule has 2 fully saturated rings. The van der Waals surface area contributed by atoms with Crippen LogP contribution in [-0.4, -0.2) is 39.7 Å². The number of fused-ring (bicyclic) bond motifs is 5. The van der Waals surface area contributed by atoms with Gasteiger partial charge in [-0.15, -0.1) is 0 Å². The van der Waals surface area contributed by atoms with Crippen molar-refractivity contribution in [3.63, 3.8) is 0 Å². The molecule has 4 rings (SSSR count). The van der Waals surface area contributed by atoms with E-state index in [0.717, 1.165) is 5.57 Å². The number of hydrogen-bond donors (Lipinski definition) is 2. The molecule has 7 atom stereocenters. The molecule has 0 spiro atoms. The predicted molar refractivity (Wildman–Crippen MR) is 98.6 cm³/mol. The average Bonchev–Trinajstić information content (AvgIpc) is 2.91. The summed E-state index contributed by atoms with van der Waals surface area (Å²) >= 11 is 0. The maximum atomic E-state index is 16.7. The fraction of sp³-hybridized carbons (Fsp3) is 0.727. The van der Waals surface area contributed by atoms with E-state index in [-0.39, 0.29) is 30.0 Å². The van der Waals surface area contributed by atoms with E-state index in [1.807, 2.05) is 13.8 Å². The van der Waals surface area contributed by atoms with Gasteiger partial charge in [0, 0.05) is 23.2 Å². The largest absolute Gasteiger partial charge is 0.388 e. The Labute approximate surface area is 159 Å². The van der Waals surface area contributed by atoms with Gasteiger partial charge < -0.3 is 10.2 Å². The van der Waals surface area contributed by atoms with E-state index < -0.39 is 34.5 Å². The number of aliphatic hydroxyl groups excluding tert-OH is 1. The molecule has 0 amide bonds. The minimum absolute atomic E-state index is 0.0739. The Bertz CT molecular complexity index is 772. The zero-order valence-corrected chi connectivity index (χ0v) is 16.3. The number of ketones is 2. The summed E-state index contributed by atoms with van der Waals surface area (Å²) in [5.74, 6) is -0.914. The van der Waals surface area contributed by atoms with E-state index >= 15 is 4.39 Å². The van der Waals surface area contributed by atoms with Crippen LogP contribution in [0, 0.1) is 28.6 Å². The number of hydrogen-bond acceptors (Lipinski definition) is 4. The Morgan fingerprint density at radius 1 is 1.26 bits per heavy atom. The third kappa shape index (κ3) is 2.10. The summed E-state index contributed by atoms with van der Waals surface area (Å²) in [6.07, 6.45) is 7.18. The molecule has 2 N–H and O–H groups in total. The zero-order valence-electron chi connectivity index (χ0n) is 16.3. The molecule has 2 saturated carbocycles. The fourth-order valence-corrected chi connectivity index (χ4v) is 6.86. The van der Waals surface area contributed by atoms with Gasteiger partial charge >= 0.3 is 0 Å². The van der Waals surface area contributed by atoms with E-state index in [9.17, 15) is 19.8 Å². The maximum absolute atomic E-state index is 16.7. The maximum Gasteiger partial charge on any atom is 0.190 e. The summed E-state index contributed by atoms with van der Waals surface area (Å²) < 4.78 is 16.7. The Morgan fingerprint density at radius 2 is 1.96 bits per heavy atom. The monoisotopic (exact) mass is 376 g/mol. The van der Waals surface area contributed by atoms with Gasteiger partial charge in [-0.3, -0.25) is 9.59 Å². The molecule has 0 aromatic rings. The molecule has 0 aliphatic heterocycles. The smallest absolute Gasteiger partial charge is 0.190 e. The second-order valence-electron chi connectivity index (χ2n) is 9.61. The van der Waals surface area contributed by atoms with Crippen LogP contribution in [0.4, 0.5) is 4.39 Å². The third-order valence-electron chi connectivity index (χ3n) is 8.59. The lowest BCUT2D eigenvalue weighted by Crippen LogP contribution is -2.62. The normalized spacial score (nSPS) is 51.3. The van der Waals surface area contributed by atoms with Gasteiger partial charge in [0.1, 0.15) is 17.9 Å². The second-order valence-corrected chi connectivity index (χ2v) is 9.61. The molecule has 5 heteroatoms. The second kappa shape index (κ2) is 5.60. The Kier molecular flexibility index (Phi) is 3.94. The number of allylic oxidation sites excluding steroid dienone is 3. The summed E-state index contributed by atoms with van der Waals surface area (Å²) in [6.45, 7) is 5.11. The van der Waals surface area contributed by atoms with Gasteiger partial charge in [0.2, 0.25) is 0 Å². The van der Waals surface area contributed by atoms with Crippen LogP contribution in [0.3, 0.4) is 0 Å². The number of rotatable bonds is 2. The lowest BCUT2D eigenvalue weighted by molar-refractivity contribution is -0.156. The van der Waals surface area contributed by atoms with Crippen molar-refractivity contribution < 1.29 is 24.2 Å². The fourth-order valence-electron chi connectivity index (χ4n) is 6.86. The first-order valence-corrected chi connectivity index (χ1v) is 10.0. The number of halogens is 1. The summed E-state index contributed by atoms with van der Waals surface area (Å²) in [5.41, 5.74) is -3.94. The molecule has 4 aliphatic carbocycles. The number of carbonyl (C=O) groups excluding carboxylic acids is 2. The molecule has 0 aromatic heterocycles. The summed E-state index contributed by atoms with van der Waals surface area (Å²) in [4.78, 5) is 24.3. The van der Waals surface area contributed by atoms with Crippen LogP contribution in [0.15, 0.2) is 23.8 Å². The molecule has 148 valence electrons. The number of alkyl halides is 1. The van der Waals surface area contributed by atoms with Gasteiger partial charge in [-0.2, -0.15) is 0 Å². The Hall–Kier alpha value is -1.33. The van der Waals surface area contributed by atoms with Crippen molar-refractivity contribution in [3.05, 3.63) is 23.8 Å². The standard InChI is InChI=1S/C22H29FO4/c1-13-10-17-15-5-7-22(27,18(26)12-24)20(15,3)8-9-21(17,23)19(2)6-4-14(25)11-16(13)19/h8-9,11,13,15,17,24,27H,4-7,10,12H2,1-3H3/t13-,15-,17-,19-,20-,21+,22-/m0/s1. The summed E-state index contributed by atoms with van der Waals surface area (Å²) in [5, 5.41) is 20.5. The van der Waals surface area contributed by atoms with Crippen LogP contribution >= 0.6 is 0 Å². The van der Waals surface area contributed by atoms with Crippen LogP contribution < -0.4 is 0 Å².